The molecule has 7 heteroatoms. The second-order valence-electron chi connectivity index (χ2n) is 8.63. The molecule has 1 unspecified atom stereocenters. The number of rotatable bonds is 9. The van der Waals surface area contributed by atoms with Crippen LogP contribution in [0.4, 0.5) is 0 Å². The summed E-state index contributed by atoms with van der Waals surface area (Å²) in [6.07, 6.45) is 0.977. The summed E-state index contributed by atoms with van der Waals surface area (Å²) in [5.41, 5.74) is 0.689. The van der Waals surface area contributed by atoms with Gasteiger partial charge >= 0.3 is 29.6 Å². The van der Waals surface area contributed by atoms with E-state index >= 15 is 0 Å². The molecule has 0 fully saturated rings. The van der Waals surface area contributed by atoms with E-state index in [2.05, 4.69) is 86.6 Å². The number of hydrogen-bond acceptors (Lipinski definition) is 3. The van der Waals surface area contributed by atoms with Crippen LogP contribution in [0.1, 0.15) is 20.3 Å². The Labute approximate surface area is 239 Å². The van der Waals surface area contributed by atoms with Crippen molar-refractivity contribution in [2.75, 3.05) is 0 Å². The first-order valence-corrected chi connectivity index (χ1v) is 15.9. The molecule has 0 spiro atoms. The van der Waals surface area contributed by atoms with Gasteiger partial charge in [0, 0.05) is 0 Å². The normalized spacial score (nSPS) is 14.0. The molecule has 0 amide bonds. The summed E-state index contributed by atoms with van der Waals surface area (Å²) >= 11 is 0. The molecule has 0 aliphatic carbocycles. The molecular weight excluding hydrogens is 513 g/mol. The second kappa shape index (κ2) is 13.4. The minimum absolute atomic E-state index is 0. The Bertz CT molecular complexity index is 1300. The predicted octanol–water partition coefficient (Wildman–Crippen LogP) is 2.33. The first-order valence-electron chi connectivity index (χ1n) is 11.6. The van der Waals surface area contributed by atoms with Crippen molar-refractivity contribution in [2.45, 2.75) is 36.5 Å². The first-order chi connectivity index (χ1) is 16.8. The molecule has 0 aromatic heterocycles. The first kappa shape index (κ1) is 29.2. The molecule has 4 rings (SSSR count). The van der Waals surface area contributed by atoms with Crippen molar-refractivity contribution in [3.63, 3.8) is 0 Å². The molecule has 0 saturated carbocycles. The van der Waals surface area contributed by atoms with Crippen molar-refractivity contribution in [2.24, 2.45) is 0 Å². The Morgan fingerprint density at radius 2 is 0.972 bits per heavy atom. The van der Waals surface area contributed by atoms with E-state index in [-0.39, 0.29) is 40.1 Å². The summed E-state index contributed by atoms with van der Waals surface area (Å²) in [4.78, 5) is -0.158. The van der Waals surface area contributed by atoms with Gasteiger partial charge in [-0.25, -0.2) is 8.42 Å². The number of benzene rings is 4. The minimum atomic E-state index is -4.51. The Kier molecular flexibility index (Phi) is 10.9. The Hall–Kier alpha value is -1.35. The number of hydrogen-bond donors (Lipinski definition) is 0. The summed E-state index contributed by atoms with van der Waals surface area (Å²) in [5.74, 6) is 0. The van der Waals surface area contributed by atoms with E-state index in [9.17, 15) is 13.0 Å². The molecule has 180 valence electrons. The van der Waals surface area contributed by atoms with Crippen LogP contribution in [-0.4, -0.2) is 24.3 Å². The molecule has 36 heavy (non-hydrogen) atoms. The van der Waals surface area contributed by atoms with E-state index in [1.165, 1.54) is 22.0 Å². The molecule has 0 aliphatic heterocycles. The average molecular weight is 543 g/mol. The van der Waals surface area contributed by atoms with Crippen LogP contribution in [-0.2, 0) is 10.1 Å². The monoisotopic (exact) mass is 542 g/mol. The second-order valence-corrected chi connectivity index (χ2v) is 15.3. The van der Waals surface area contributed by atoms with Crippen LogP contribution in [0.5, 0.6) is 0 Å². The van der Waals surface area contributed by atoms with Crippen LogP contribution in [0.25, 0.3) is 0 Å². The topological polar surface area (TPSA) is 57.2 Å². The third-order valence-electron chi connectivity index (χ3n) is 6.05. The van der Waals surface area contributed by atoms with Gasteiger partial charge in [0.05, 0.1) is 4.90 Å². The minimum Gasteiger partial charge on any atom is -0.744 e. The third kappa shape index (κ3) is 7.36. The van der Waals surface area contributed by atoms with Gasteiger partial charge in [0.1, 0.15) is 10.1 Å². The summed E-state index contributed by atoms with van der Waals surface area (Å²) in [6.45, 7) is 4.59. The van der Waals surface area contributed by atoms with Crippen molar-refractivity contribution in [3.8, 4) is 0 Å². The van der Waals surface area contributed by atoms with Crippen molar-refractivity contribution < 1.29 is 42.5 Å². The van der Waals surface area contributed by atoms with E-state index < -0.39 is 26.0 Å². The van der Waals surface area contributed by atoms with E-state index in [0.717, 1.165) is 11.7 Å². The summed E-state index contributed by atoms with van der Waals surface area (Å²) < 4.78 is 35.2. The zero-order valence-electron chi connectivity index (χ0n) is 20.9. The van der Waals surface area contributed by atoms with Gasteiger partial charge in [-0.15, -0.1) is 0 Å². The molecule has 0 bridgehead atoms. The van der Waals surface area contributed by atoms with Gasteiger partial charge in [-0.05, 0) is 66.9 Å². The van der Waals surface area contributed by atoms with Gasteiger partial charge in [-0.2, -0.15) is 0 Å². The largest absolute Gasteiger partial charge is 1.00 e. The van der Waals surface area contributed by atoms with Crippen LogP contribution in [0, 0.1) is 0 Å². The fraction of sp³-hybridized carbons (Fsp3) is 0.172. The van der Waals surface area contributed by atoms with E-state index in [4.69, 9.17) is 0 Å². The van der Waals surface area contributed by atoms with Crippen molar-refractivity contribution in [3.05, 3.63) is 115 Å². The van der Waals surface area contributed by atoms with Gasteiger partial charge < -0.3 is 4.55 Å². The van der Waals surface area contributed by atoms with E-state index in [1.54, 1.807) is 12.1 Å². The molecule has 3 atom stereocenters. The molecule has 3 nitrogen and oxygen atoms in total. The molecule has 0 saturated heterocycles. The average Bonchev–Trinajstić information content (AvgIpc) is 2.86. The smallest absolute Gasteiger partial charge is 0.744 e. The van der Waals surface area contributed by atoms with Gasteiger partial charge in [0.25, 0.3) is 0 Å². The quantitative estimate of drug-likeness (QED) is 0.185. The van der Waals surface area contributed by atoms with Crippen LogP contribution < -0.4 is 50.8 Å². The van der Waals surface area contributed by atoms with Crippen LogP contribution >= 0.6 is 15.8 Å². The van der Waals surface area contributed by atoms with Gasteiger partial charge in [0.15, 0.2) is 0 Å². The maximum atomic E-state index is 11.7. The van der Waals surface area contributed by atoms with Crippen LogP contribution in [0.2, 0.25) is 0 Å². The van der Waals surface area contributed by atoms with E-state index in [0.29, 0.717) is 5.66 Å². The zero-order chi connectivity index (χ0) is 24.8. The Balaban J connectivity index is 0.00000361. The Morgan fingerprint density at radius 3 is 1.36 bits per heavy atom. The Morgan fingerprint density at radius 1 is 0.611 bits per heavy atom. The fourth-order valence-electron chi connectivity index (χ4n) is 4.58. The predicted molar refractivity (Wildman–Crippen MR) is 150 cm³/mol. The molecule has 0 aliphatic rings. The summed E-state index contributed by atoms with van der Waals surface area (Å²) in [5, 5.41) is 4.83. The molecule has 0 heterocycles. The maximum Gasteiger partial charge on any atom is 1.00 e. The van der Waals surface area contributed by atoms with E-state index in [1.807, 2.05) is 24.3 Å². The van der Waals surface area contributed by atoms with Crippen LogP contribution in [0.15, 0.2) is 120 Å². The van der Waals surface area contributed by atoms with Crippen molar-refractivity contribution in [1.82, 2.24) is 0 Å². The molecule has 0 radical (unpaired) electrons. The van der Waals surface area contributed by atoms with Gasteiger partial charge in [0.2, 0.25) is 0 Å². The molecule has 4 aromatic carbocycles. The van der Waals surface area contributed by atoms with Crippen molar-refractivity contribution >= 4 is 47.2 Å². The standard InChI is InChI=1S/C29H30O3P2S.Na/c1-23(33(25-13-6-3-7-14-25)26-15-8-4-9-16-26)21-24(2)34(27-17-10-5-11-18-27)28-19-12-20-29(22-28)35(30,31)32;/h3-20,22-24H,21H2,1-2H3,(H,30,31,32);/q;+1/p-1/t23-,24-,34?;/m0./s1. The molecule has 4 aromatic rings. The van der Waals surface area contributed by atoms with Crippen LogP contribution in [0.3, 0.4) is 0 Å². The maximum absolute atomic E-state index is 11.7. The molecule has 0 N–H and O–H groups in total. The van der Waals surface area contributed by atoms with Gasteiger partial charge in [-0.3, -0.25) is 0 Å². The fourth-order valence-corrected chi connectivity index (χ4v) is 11.0. The van der Waals surface area contributed by atoms with Gasteiger partial charge in [-0.1, -0.05) is 117 Å². The molecular formula is C29H29NaO3P2S. The summed E-state index contributed by atoms with van der Waals surface area (Å²) in [7, 11) is -5.94. The van der Waals surface area contributed by atoms with Crippen molar-refractivity contribution in [1.29, 1.82) is 0 Å². The summed E-state index contributed by atoms with van der Waals surface area (Å²) in [6, 6.07) is 38.3. The SMILES string of the molecule is C[C@@H](C[C@H](C)P(c1ccccc1)c1cccc(S(=O)(=O)[O-])c1)P(c1ccccc1)c1ccccc1.[Na+]. The zero-order valence-corrected chi connectivity index (χ0v) is 25.5. The third-order valence-corrected chi connectivity index (χ3v) is 12.5.